The lowest BCUT2D eigenvalue weighted by molar-refractivity contribution is -0.116. The Morgan fingerprint density at radius 1 is 1.35 bits per heavy atom. The fourth-order valence-electron chi connectivity index (χ4n) is 1.60. The molecule has 0 aromatic heterocycles. The highest BCUT2D eigenvalue weighted by Crippen LogP contribution is 2.10. The summed E-state index contributed by atoms with van der Waals surface area (Å²) in [7, 11) is 5.38. The quantitative estimate of drug-likeness (QED) is 0.424. The number of carbonyl (C=O) groups excluding carboxylic acids is 2. The molecule has 0 saturated heterocycles. The van der Waals surface area contributed by atoms with Gasteiger partial charge in [0.05, 0.1) is 7.85 Å². The minimum Gasteiger partial charge on any atom is -0.281 e. The average Bonchev–Trinajstić information content (AvgIpc) is 2.35. The Hall–Kier alpha value is -1.58. The van der Waals surface area contributed by atoms with Crippen LogP contribution in [0.5, 0.6) is 0 Å². The molecule has 0 atom stereocenters. The number of benzene rings is 1. The first-order valence-electron chi connectivity index (χ1n) is 5.72. The summed E-state index contributed by atoms with van der Waals surface area (Å²) in [5, 5.41) is 0. The predicted octanol–water partition coefficient (Wildman–Crippen LogP) is 1.96. The number of hydrogen-bond acceptors (Lipinski definition) is 2. The Balaban J connectivity index is 2.72. The molecule has 0 saturated carbocycles. The van der Waals surface area contributed by atoms with E-state index in [4.69, 9.17) is 7.85 Å². The van der Waals surface area contributed by atoms with Crippen molar-refractivity contribution in [2.75, 3.05) is 6.54 Å². The first kappa shape index (κ1) is 13.5. The second kappa shape index (κ2) is 6.89. The third-order valence-electron chi connectivity index (χ3n) is 2.62. The van der Waals surface area contributed by atoms with Crippen LogP contribution in [0.3, 0.4) is 0 Å². The summed E-state index contributed by atoms with van der Waals surface area (Å²) in [6, 6.07) is 7.25. The lowest BCUT2D eigenvalue weighted by Crippen LogP contribution is -2.31. The van der Waals surface area contributed by atoms with Gasteiger partial charge in [0, 0.05) is 12.1 Å². The maximum Gasteiger partial charge on any atom is 0.260 e. The SMILES string of the molecule is [B]CCCCN(C=O)C(=O)c1ccccc1C. The Morgan fingerprint density at radius 3 is 2.65 bits per heavy atom. The maximum atomic E-state index is 12.1. The van der Waals surface area contributed by atoms with Crippen LogP contribution in [0.4, 0.5) is 0 Å². The van der Waals surface area contributed by atoms with E-state index < -0.39 is 0 Å². The molecule has 17 heavy (non-hydrogen) atoms. The molecule has 0 heterocycles. The topological polar surface area (TPSA) is 37.4 Å². The Morgan fingerprint density at radius 2 is 2.06 bits per heavy atom. The van der Waals surface area contributed by atoms with Crippen LogP contribution in [0, 0.1) is 6.92 Å². The summed E-state index contributed by atoms with van der Waals surface area (Å²) in [6.45, 7) is 2.28. The number of imide groups is 1. The molecule has 2 amide bonds. The lowest BCUT2D eigenvalue weighted by atomic mass is 10.0. The average molecular weight is 229 g/mol. The fraction of sp³-hybridized carbons (Fsp3) is 0.385. The summed E-state index contributed by atoms with van der Waals surface area (Å²) in [4.78, 5) is 24.2. The van der Waals surface area contributed by atoms with Gasteiger partial charge in [-0.25, -0.2) is 0 Å². The van der Waals surface area contributed by atoms with Crippen molar-refractivity contribution in [1.82, 2.24) is 4.90 Å². The molecule has 1 rings (SSSR count). The molecule has 4 heteroatoms. The van der Waals surface area contributed by atoms with E-state index in [1.165, 1.54) is 4.90 Å². The van der Waals surface area contributed by atoms with E-state index in [2.05, 4.69) is 0 Å². The predicted molar refractivity (Wildman–Crippen MR) is 68.1 cm³/mol. The molecule has 0 bridgehead atoms. The number of hydrogen-bond donors (Lipinski definition) is 0. The third-order valence-corrected chi connectivity index (χ3v) is 2.62. The number of aryl methyl sites for hydroxylation is 1. The minimum atomic E-state index is -0.241. The van der Waals surface area contributed by atoms with Gasteiger partial charge < -0.3 is 0 Å². The molecule has 0 unspecified atom stereocenters. The highest BCUT2D eigenvalue weighted by Gasteiger charge is 2.15. The minimum absolute atomic E-state index is 0.241. The van der Waals surface area contributed by atoms with Crippen LogP contribution in [0.25, 0.3) is 0 Å². The molecule has 1 aromatic rings. The third kappa shape index (κ3) is 3.73. The number of carbonyl (C=O) groups is 2. The standard InChI is InChI=1S/C13H16BNO2/c1-11-6-2-3-7-12(11)13(17)15(10-16)9-5-4-8-14/h2-3,6-7,10H,4-5,8-9H2,1H3. The molecule has 0 aliphatic carbocycles. The Labute approximate surface area is 103 Å². The molecule has 88 valence electrons. The lowest BCUT2D eigenvalue weighted by Gasteiger charge is -2.16. The second-order valence-corrected chi connectivity index (χ2v) is 3.91. The van der Waals surface area contributed by atoms with Gasteiger partial charge in [-0.1, -0.05) is 30.9 Å². The van der Waals surface area contributed by atoms with Gasteiger partial charge in [0.25, 0.3) is 5.91 Å². The largest absolute Gasteiger partial charge is 0.281 e. The van der Waals surface area contributed by atoms with Gasteiger partial charge in [-0.15, -0.1) is 0 Å². The van der Waals surface area contributed by atoms with Crippen LogP contribution in [0.2, 0.25) is 6.32 Å². The van der Waals surface area contributed by atoms with E-state index in [0.717, 1.165) is 18.4 Å². The van der Waals surface area contributed by atoms with E-state index in [1.807, 2.05) is 19.1 Å². The molecule has 0 N–H and O–H groups in total. The van der Waals surface area contributed by atoms with Gasteiger partial charge in [0.1, 0.15) is 0 Å². The van der Waals surface area contributed by atoms with Crippen molar-refractivity contribution in [1.29, 1.82) is 0 Å². The van der Waals surface area contributed by atoms with Crippen LogP contribution in [-0.4, -0.2) is 31.6 Å². The molecular formula is C13H16BNO2. The number of amides is 2. The van der Waals surface area contributed by atoms with E-state index in [-0.39, 0.29) is 5.91 Å². The van der Waals surface area contributed by atoms with Crippen molar-refractivity contribution in [2.24, 2.45) is 0 Å². The fourth-order valence-corrected chi connectivity index (χ4v) is 1.60. The van der Waals surface area contributed by atoms with Crippen LogP contribution in [0.1, 0.15) is 28.8 Å². The van der Waals surface area contributed by atoms with Gasteiger partial charge in [-0.2, -0.15) is 0 Å². The van der Waals surface area contributed by atoms with Gasteiger partial charge in [0.15, 0.2) is 0 Å². The molecule has 3 nitrogen and oxygen atoms in total. The van der Waals surface area contributed by atoms with E-state index in [0.29, 0.717) is 24.8 Å². The van der Waals surface area contributed by atoms with Crippen molar-refractivity contribution < 1.29 is 9.59 Å². The van der Waals surface area contributed by atoms with E-state index in [1.54, 1.807) is 12.1 Å². The summed E-state index contributed by atoms with van der Waals surface area (Å²) in [5.41, 5.74) is 1.45. The molecule has 0 aliphatic heterocycles. The molecule has 0 aliphatic rings. The van der Waals surface area contributed by atoms with Gasteiger partial charge >= 0.3 is 0 Å². The summed E-state index contributed by atoms with van der Waals surface area (Å²) in [6.07, 6.45) is 2.72. The molecule has 0 fully saturated rings. The number of nitrogens with zero attached hydrogens (tertiary/aromatic N) is 1. The Kier molecular flexibility index (Phi) is 5.47. The van der Waals surface area contributed by atoms with E-state index >= 15 is 0 Å². The zero-order chi connectivity index (χ0) is 12.7. The van der Waals surface area contributed by atoms with Gasteiger partial charge in [-0.3, -0.25) is 14.5 Å². The first-order valence-corrected chi connectivity index (χ1v) is 5.72. The number of unbranched alkanes of at least 4 members (excludes halogenated alkanes) is 1. The van der Waals surface area contributed by atoms with Gasteiger partial charge in [-0.05, 0) is 25.0 Å². The summed E-state index contributed by atoms with van der Waals surface area (Å²) < 4.78 is 0. The number of rotatable bonds is 6. The van der Waals surface area contributed by atoms with Crippen molar-refractivity contribution >= 4 is 20.2 Å². The van der Waals surface area contributed by atoms with Crippen LogP contribution in [-0.2, 0) is 4.79 Å². The summed E-state index contributed by atoms with van der Waals surface area (Å²) in [5.74, 6) is -0.241. The highest BCUT2D eigenvalue weighted by molar-refractivity contribution is 6.08. The van der Waals surface area contributed by atoms with Gasteiger partial charge in [0.2, 0.25) is 6.41 Å². The van der Waals surface area contributed by atoms with Crippen molar-refractivity contribution in [3.05, 3.63) is 35.4 Å². The van der Waals surface area contributed by atoms with Crippen molar-refractivity contribution in [3.63, 3.8) is 0 Å². The smallest absolute Gasteiger partial charge is 0.260 e. The molecule has 1 aromatic carbocycles. The zero-order valence-corrected chi connectivity index (χ0v) is 10.1. The van der Waals surface area contributed by atoms with Crippen molar-refractivity contribution in [2.45, 2.75) is 26.1 Å². The molecular weight excluding hydrogens is 213 g/mol. The van der Waals surface area contributed by atoms with Crippen LogP contribution >= 0.6 is 0 Å². The maximum absolute atomic E-state index is 12.1. The first-order chi connectivity index (χ1) is 8.20. The van der Waals surface area contributed by atoms with Crippen LogP contribution in [0.15, 0.2) is 24.3 Å². The monoisotopic (exact) mass is 229 g/mol. The Bertz CT molecular complexity index is 393. The van der Waals surface area contributed by atoms with Crippen molar-refractivity contribution in [3.8, 4) is 0 Å². The zero-order valence-electron chi connectivity index (χ0n) is 10.1. The summed E-state index contributed by atoms with van der Waals surface area (Å²) >= 11 is 0. The van der Waals surface area contributed by atoms with E-state index in [9.17, 15) is 9.59 Å². The molecule has 2 radical (unpaired) electrons. The second-order valence-electron chi connectivity index (χ2n) is 3.91. The molecule has 0 spiro atoms. The van der Waals surface area contributed by atoms with Crippen LogP contribution < -0.4 is 0 Å². The highest BCUT2D eigenvalue weighted by atomic mass is 16.2. The normalized spacial score (nSPS) is 9.94.